The largest absolute Gasteiger partial charge is 0.360 e. The highest BCUT2D eigenvalue weighted by atomic mass is 16.5. The molecule has 1 heterocycles. The van der Waals surface area contributed by atoms with E-state index in [9.17, 15) is 0 Å². The van der Waals surface area contributed by atoms with Crippen molar-refractivity contribution < 1.29 is 4.52 Å². The van der Waals surface area contributed by atoms with Crippen LogP contribution in [0, 0.1) is 6.92 Å². The van der Waals surface area contributed by atoms with Gasteiger partial charge in [0.1, 0.15) is 0 Å². The molecule has 1 aromatic rings. The molecule has 4 heteroatoms. The van der Waals surface area contributed by atoms with Crippen LogP contribution in [0.15, 0.2) is 10.6 Å². The highest BCUT2D eigenvalue weighted by Gasteiger charge is 2.13. The molecule has 0 aromatic carbocycles. The molecule has 0 spiro atoms. The van der Waals surface area contributed by atoms with Gasteiger partial charge in [-0.3, -0.25) is 0 Å². The Morgan fingerprint density at radius 3 is 2.71 bits per heavy atom. The van der Waals surface area contributed by atoms with Gasteiger partial charge in [-0.05, 0) is 27.8 Å². The van der Waals surface area contributed by atoms with Gasteiger partial charge in [0.15, 0.2) is 5.76 Å². The lowest BCUT2D eigenvalue weighted by Crippen LogP contribution is -2.45. The molecular formula is C10H19N3O. The molecule has 14 heavy (non-hydrogen) atoms. The van der Waals surface area contributed by atoms with Crippen molar-refractivity contribution in [3.63, 3.8) is 0 Å². The summed E-state index contributed by atoms with van der Waals surface area (Å²) in [5, 5.41) is 10.4. The zero-order valence-corrected chi connectivity index (χ0v) is 9.35. The van der Waals surface area contributed by atoms with Crippen LogP contribution in [0.25, 0.3) is 0 Å². The molecule has 0 radical (unpaired) electrons. The Labute approximate surface area is 85.1 Å². The first-order chi connectivity index (χ1) is 6.53. The summed E-state index contributed by atoms with van der Waals surface area (Å²) in [6, 6.07) is 1.94. The third-order valence-corrected chi connectivity index (χ3v) is 2.22. The van der Waals surface area contributed by atoms with Gasteiger partial charge in [-0.2, -0.15) is 0 Å². The van der Waals surface area contributed by atoms with Gasteiger partial charge in [0.2, 0.25) is 0 Å². The number of hydrogen-bond acceptors (Lipinski definition) is 4. The molecule has 4 nitrogen and oxygen atoms in total. The van der Waals surface area contributed by atoms with E-state index in [1.165, 1.54) is 0 Å². The molecule has 0 aliphatic heterocycles. The van der Waals surface area contributed by atoms with E-state index < -0.39 is 0 Å². The summed E-state index contributed by atoms with van der Waals surface area (Å²) in [5.41, 5.74) is 1.03. The lowest BCUT2D eigenvalue weighted by molar-refractivity contribution is 0.348. The van der Waals surface area contributed by atoms with Crippen LogP contribution in [0.2, 0.25) is 0 Å². The maximum atomic E-state index is 5.08. The monoisotopic (exact) mass is 197 g/mol. The molecule has 0 fully saturated rings. The molecule has 0 saturated carbocycles. The highest BCUT2D eigenvalue weighted by molar-refractivity contribution is 5.02. The van der Waals surface area contributed by atoms with Crippen LogP contribution >= 0.6 is 0 Å². The molecule has 80 valence electrons. The molecule has 0 aliphatic rings. The van der Waals surface area contributed by atoms with Gasteiger partial charge in [0.05, 0.1) is 12.2 Å². The fraction of sp³-hybridized carbons (Fsp3) is 0.700. The second-order valence-electron chi connectivity index (χ2n) is 4.17. The highest BCUT2D eigenvalue weighted by Crippen LogP contribution is 2.03. The summed E-state index contributed by atoms with van der Waals surface area (Å²) in [7, 11) is 1.96. The summed E-state index contributed by atoms with van der Waals surface area (Å²) in [6.45, 7) is 7.83. The van der Waals surface area contributed by atoms with Gasteiger partial charge in [0.25, 0.3) is 0 Å². The molecule has 0 atom stereocenters. The molecule has 0 amide bonds. The molecule has 1 aromatic heterocycles. The van der Waals surface area contributed by atoms with Crippen molar-refractivity contribution in [2.75, 3.05) is 13.6 Å². The molecule has 1 rings (SSSR count). The predicted octanol–water partition coefficient (Wildman–Crippen LogP) is 1.07. The number of nitrogens with zero attached hydrogens (tertiary/aromatic N) is 1. The molecular weight excluding hydrogens is 178 g/mol. The van der Waals surface area contributed by atoms with E-state index in [0.717, 1.165) is 24.5 Å². The van der Waals surface area contributed by atoms with E-state index in [-0.39, 0.29) is 5.54 Å². The number of aromatic nitrogens is 1. The summed E-state index contributed by atoms with van der Waals surface area (Å²) in [4.78, 5) is 0. The molecule has 0 unspecified atom stereocenters. The van der Waals surface area contributed by atoms with Gasteiger partial charge >= 0.3 is 0 Å². The quantitative estimate of drug-likeness (QED) is 0.741. The third-order valence-electron chi connectivity index (χ3n) is 2.22. The Bertz CT molecular complexity index is 281. The van der Waals surface area contributed by atoms with Crippen molar-refractivity contribution in [3.8, 4) is 0 Å². The van der Waals surface area contributed by atoms with E-state index in [1.807, 2.05) is 20.0 Å². The first-order valence-electron chi connectivity index (χ1n) is 4.85. The van der Waals surface area contributed by atoms with Crippen LogP contribution in [0.5, 0.6) is 0 Å². The van der Waals surface area contributed by atoms with Gasteiger partial charge in [-0.15, -0.1) is 0 Å². The molecule has 0 bridgehead atoms. The Hall–Kier alpha value is -0.870. The molecule has 0 aliphatic carbocycles. The standard InChI is InChI=1S/C10H19N3O/c1-8-5-9(14-13-8)6-12-7-10(2,3)11-4/h5,11-12H,6-7H2,1-4H3. The van der Waals surface area contributed by atoms with Crippen LogP contribution < -0.4 is 10.6 Å². The Kier molecular flexibility index (Phi) is 3.66. The minimum Gasteiger partial charge on any atom is -0.360 e. The van der Waals surface area contributed by atoms with E-state index in [0.29, 0.717) is 0 Å². The van der Waals surface area contributed by atoms with E-state index in [1.54, 1.807) is 0 Å². The maximum absolute atomic E-state index is 5.08. The van der Waals surface area contributed by atoms with Crippen molar-refractivity contribution in [1.29, 1.82) is 0 Å². The van der Waals surface area contributed by atoms with Gasteiger partial charge < -0.3 is 15.2 Å². The summed E-state index contributed by atoms with van der Waals surface area (Å²) < 4.78 is 5.08. The number of nitrogens with one attached hydrogen (secondary N) is 2. The average molecular weight is 197 g/mol. The van der Waals surface area contributed by atoms with Crippen LogP contribution in [0.4, 0.5) is 0 Å². The maximum Gasteiger partial charge on any atom is 0.150 e. The number of rotatable bonds is 5. The lowest BCUT2D eigenvalue weighted by Gasteiger charge is -2.23. The minimum absolute atomic E-state index is 0.106. The average Bonchev–Trinajstić information content (AvgIpc) is 2.51. The second kappa shape index (κ2) is 4.57. The third kappa shape index (κ3) is 3.47. The van der Waals surface area contributed by atoms with E-state index in [4.69, 9.17) is 4.52 Å². The van der Waals surface area contributed by atoms with Crippen LogP contribution in [-0.4, -0.2) is 24.3 Å². The minimum atomic E-state index is 0.106. The van der Waals surface area contributed by atoms with Crippen molar-refractivity contribution in [2.45, 2.75) is 32.9 Å². The second-order valence-corrected chi connectivity index (χ2v) is 4.17. The Morgan fingerprint density at radius 1 is 1.50 bits per heavy atom. The van der Waals surface area contributed by atoms with Crippen molar-refractivity contribution >= 4 is 0 Å². The predicted molar refractivity (Wildman–Crippen MR) is 56.1 cm³/mol. The van der Waals surface area contributed by atoms with Gasteiger partial charge in [-0.1, -0.05) is 5.16 Å². The lowest BCUT2D eigenvalue weighted by atomic mass is 10.1. The normalized spacial score (nSPS) is 12.0. The van der Waals surface area contributed by atoms with Gasteiger partial charge in [0, 0.05) is 18.2 Å². The number of hydrogen-bond donors (Lipinski definition) is 2. The topological polar surface area (TPSA) is 50.1 Å². The first-order valence-corrected chi connectivity index (χ1v) is 4.85. The summed E-state index contributed by atoms with van der Waals surface area (Å²) in [6.07, 6.45) is 0. The van der Waals surface area contributed by atoms with Crippen molar-refractivity contribution in [2.24, 2.45) is 0 Å². The summed E-state index contributed by atoms with van der Waals surface area (Å²) in [5.74, 6) is 0.884. The fourth-order valence-corrected chi connectivity index (χ4v) is 1.09. The SMILES string of the molecule is CNC(C)(C)CNCc1cc(C)no1. The van der Waals surface area contributed by atoms with Crippen LogP contribution in [-0.2, 0) is 6.54 Å². The van der Waals surface area contributed by atoms with E-state index >= 15 is 0 Å². The Balaban J connectivity index is 2.28. The zero-order valence-electron chi connectivity index (χ0n) is 9.35. The zero-order chi connectivity index (χ0) is 10.6. The van der Waals surface area contributed by atoms with Gasteiger partial charge in [-0.25, -0.2) is 0 Å². The number of likely N-dealkylation sites (N-methyl/N-ethyl adjacent to an activating group) is 1. The molecule has 0 saturated heterocycles. The molecule has 2 N–H and O–H groups in total. The van der Waals surface area contributed by atoms with Crippen LogP contribution in [0.1, 0.15) is 25.3 Å². The van der Waals surface area contributed by atoms with Crippen LogP contribution in [0.3, 0.4) is 0 Å². The van der Waals surface area contributed by atoms with E-state index in [2.05, 4.69) is 29.6 Å². The first kappa shape index (κ1) is 11.2. The fourth-order valence-electron chi connectivity index (χ4n) is 1.09. The van der Waals surface area contributed by atoms with Crippen molar-refractivity contribution in [3.05, 3.63) is 17.5 Å². The number of aryl methyl sites for hydroxylation is 1. The Morgan fingerprint density at radius 2 is 2.21 bits per heavy atom. The van der Waals surface area contributed by atoms with Crippen molar-refractivity contribution in [1.82, 2.24) is 15.8 Å². The smallest absolute Gasteiger partial charge is 0.150 e. The summed E-state index contributed by atoms with van der Waals surface area (Å²) >= 11 is 0.